The molecule has 4 nitrogen and oxygen atoms in total. The third-order valence-corrected chi connectivity index (χ3v) is 5.27. The number of halogens is 1. The van der Waals surface area contributed by atoms with Gasteiger partial charge in [0.1, 0.15) is 5.60 Å². The Kier molecular flexibility index (Phi) is 5.98. The van der Waals surface area contributed by atoms with Gasteiger partial charge >= 0.3 is 6.09 Å². The van der Waals surface area contributed by atoms with E-state index >= 15 is 0 Å². The molecule has 1 heterocycles. The van der Waals surface area contributed by atoms with Crippen molar-refractivity contribution < 1.29 is 9.53 Å². The van der Waals surface area contributed by atoms with Crippen LogP contribution < -0.4 is 10.6 Å². The molecule has 2 N–H and O–H groups in total. The van der Waals surface area contributed by atoms with Crippen LogP contribution in [-0.4, -0.2) is 24.3 Å². The molecule has 0 fully saturated rings. The molecule has 23 heavy (non-hydrogen) atoms. The van der Waals surface area contributed by atoms with Crippen LogP contribution in [0.3, 0.4) is 0 Å². The van der Waals surface area contributed by atoms with Gasteiger partial charge in [-0.1, -0.05) is 25.4 Å². The molecule has 0 radical (unpaired) electrons. The molecule has 1 aliphatic rings. The van der Waals surface area contributed by atoms with Crippen LogP contribution in [0.25, 0.3) is 0 Å². The Balaban J connectivity index is 1.91. The highest BCUT2D eigenvalue weighted by atomic mass is 35.5. The molecule has 2 rings (SSSR count). The quantitative estimate of drug-likeness (QED) is 0.813. The van der Waals surface area contributed by atoms with Gasteiger partial charge in [-0.15, -0.1) is 11.3 Å². The van der Waals surface area contributed by atoms with Gasteiger partial charge in [-0.2, -0.15) is 0 Å². The Bertz CT molecular complexity index is 551. The van der Waals surface area contributed by atoms with Crippen molar-refractivity contribution >= 4 is 29.0 Å². The van der Waals surface area contributed by atoms with Crippen LogP contribution in [0.4, 0.5) is 4.79 Å². The third-order valence-electron chi connectivity index (χ3n) is 3.93. The van der Waals surface area contributed by atoms with Crippen LogP contribution in [-0.2, 0) is 11.2 Å². The van der Waals surface area contributed by atoms with Gasteiger partial charge < -0.3 is 15.4 Å². The van der Waals surface area contributed by atoms with Crippen LogP contribution in [0.1, 0.15) is 57.5 Å². The lowest BCUT2D eigenvalue weighted by molar-refractivity contribution is 0.0518. The monoisotopic (exact) mass is 358 g/mol. The summed E-state index contributed by atoms with van der Waals surface area (Å²) in [5.74, 6) is 0.406. The van der Waals surface area contributed by atoms with Crippen molar-refractivity contribution in [3.63, 3.8) is 0 Å². The minimum absolute atomic E-state index is 0.192. The normalized spacial score (nSPS) is 18.8. The summed E-state index contributed by atoms with van der Waals surface area (Å²) in [5, 5.41) is 6.56. The van der Waals surface area contributed by atoms with Crippen molar-refractivity contribution in [2.24, 2.45) is 5.92 Å². The Labute approximate surface area is 147 Å². The van der Waals surface area contributed by atoms with Crippen LogP contribution in [0.2, 0.25) is 4.34 Å². The van der Waals surface area contributed by atoms with E-state index in [0.29, 0.717) is 18.5 Å². The van der Waals surface area contributed by atoms with Crippen LogP contribution in [0.5, 0.6) is 0 Å². The van der Waals surface area contributed by atoms with Crippen molar-refractivity contribution in [3.8, 4) is 0 Å². The van der Waals surface area contributed by atoms with Crippen molar-refractivity contribution in [1.82, 2.24) is 10.6 Å². The van der Waals surface area contributed by atoms with E-state index in [1.165, 1.54) is 10.4 Å². The molecule has 0 saturated carbocycles. The topological polar surface area (TPSA) is 50.4 Å². The van der Waals surface area contributed by atoms with Crippen molar-refractivity contribution in [2.45, 2.75) is 65.1 Å². The number of nitrogens with one attached hydrogen (secondary N) is 2. The number of hydrogen-bond acceptors (Lipinski definition) is 4. The van der Waals surface area contributed by atoms with Gasteiger partial charge in [0.2, 0.25) is 0 Å². The number of aryl methyl sites for hydroxylation is 1. The molecular formula is C17H27ClN2O2S. The first-order chi connectivity index (χ1) is 10.7. The van der Waals surface area contributed by atoms with Gasteiger partial charge in [0.25, 0.3) is 0 Å². The maximum absolute atomic E-state index is 11.8. The second-order valence-corrected chi connectivity index (χ2v) is 9.19. The molecule has 1 aromatic rings. The molecule has 0 bridgehead atoms. The maximum atomic E-state index is 11.8. The van der Waals surface area contributed by atoms with Crippen molar-refractivity contribution in [2.75, 3.05) is 6.54 Å². The highest BCUT2D eigenvalue weighted by Crippen LogP contribution is 2.39. The predicted octanol–water partition coefficient (Wildman–Crippen LogP) is 4.53. The van der Waals surface area contributed by atoms with Gasteiger partial charge in [0.15, 0.2) is 0 Å². The minimum Gasteiger partial charge on any atom is -0.444 e. The molecule has 0 aliphatic heterocycles. The maximum Gasteiger partial charge on any atom is 0.407 e. The smallest absolute Gasteiger partial charge is 0.407 e. The standard InChI is InChI=1S/C17H27ClN2O2S/c1-10(2)13(9-19-16(21)22-17(3,4)5)20-12-6-7-14-11(12)8-15(18)23-14/h8,10,12-13,20H,6-7,9H2,1-5H3,(H,19,21). The number of rotatable bonds is 5. The summed E-state index contributed by atoms with van der Waals surface area (Å²) in [6.07, 6.45) is 1.80. The second kappa shape index (κ2) is 7.41. The number of hydrogen-bond donors (Lipinski definition) is 2. The first-order valence-corrected chi connectivity index (χ1v) is 9.36. The number of amides is 1. The van der Waals surface area contributed by atoms with Gasteiger partial charge in [-0.25, -0.2) is 4.79 Å². The molecule has 6 heteroatoms. The molecule has 1 amide bonds. The summed E-state index contributed by atoms with van der Waals surface area (Å²) in [4.78, 5) is 13.2. The molecule has 0 saturated heterocycles. The zero-order valence-electron chi connectivity index (χ0n) is 14.5. The number of carbonyl (C=O) groups excluding carboxylic acids is 1. The van der Waals surface area contributed by atoms with Crippen LogP contribution in [0.15, 0.2) is 6.07 Å². The van der Waals surface area contributed by atoms with Crippen molar-refractivity contribution in [3.05, 3.63) is 20.8 Å². The first kappa shape index (κ1) is 18.6. The van der Waals surface area contributed by atoms with Gasteiger partial charge in [0.05, 0.1) is 4.34 Å². The number of carbonyl (C=O) groups is 1. The van der Waals surface area contributed by atoms with Crippen LogP contribution in [0, 0.1) is 5.92 Å². The van der Waals surface area contributed by atoms with Crippen molar-refractivity contribution in [1.29, 1.82) is 0 Å². The van der Waals surface area contributed by atoms with Crippen LogP contribution >= 0.6 is 22.9 Å². The predicted molar refractivity (Wildman–Crippen MR) is 96.4 cm³/mol. The highest BCUT2D eigenvalue weighted by molar-refractivity contribution is 7.16. The first-order valence-electron chi connectivity index (χ1n) is 8.16. The van der Waals surface area contributed by atoms with Gasteiger partial charge in [-0.05, 0) is 51.2 Å². The zero-order valence-corrected chi connectivity index (χ0v) is 16.1. The number of thiophene rings is 1. The van der Waals surface area contributed by atoms with E-state index in [2.05, 4.69) is 30.5 Å². The molecule has 0 aromatic carbocycles. The van der Waals surface area contributed by atoms with E-state index in [1.807, 2.05) is 20.8 Å². The fourth-order valence-corrected chi connectivity index (χ4v) is 4.11. The Hall–Kier alpha value is -0.780. The Morgan fingerprint density at radius 3 is 2.78 bits per heavy atom. The van der Waals surface area contributed by atoms with E-state index in [4.69, 9.17) is 16.3 Å². The summed E-state index contributed by atoms with van der Waals surface area (Å²) >= 11 is 7.80. The van der Waals surface area contributed by atoms with E-state index in [-0.39, 0.29) is 12.1 Å². The molecule has 2 atom stereocenters. The number of ether oxygens (including phenoxy) is 1. The lowest BCUT2D eigenvalue weighted by Gasteiger charge is -2.27. The summed E-state index contributed by atoms with van der Waals surface area (Å²) in [6.45, 7) is 10.5. The molecule has 1 aromatic heterocycles. The summed E-state index contributed by atoms with van der Waals surface area (Å²) in [7, 11) is 0. The minimum atomic E-state index is -0.474. The SMILES string of the molecule is CC(C)C(CNC(=O)OC(C)(C)C)NC1CCc2sc(Cl)cc21. The zero-order chi connectivity index (χ0) is 17.2. The summed E-state index contributed by atoms with van der Waals surface area (Å²) in [5.41, 5.74) is 0.849. The molecule has 0 spiro atoms. The Morgan fingerprint density at radius 1 is 1.48 bits per heavy atom. The summed E-state index contributed by atoms with van der Waals surface area (Å²) < 4.78 is 6.16. The van der Waals surface area contributed by atoms with Gasteiger partial charge in [-0.3, -0.25) is 0 Å². The second-order valence-electron chi connectivity index (χ2n) is 7.42. The molecule has 130 valence electrons. The van der Waals surface area contributed by atoms with E-state index in [0.717, 1.165) is 17.2 Å². The average molecular weight is 359 g/mol. The fraction of sp³-hybridized carbons (Fsp3) is 0.706. The third kappa shape index (κ3) is 5.37. The highest BCUT2D eigenvalue weighted by Gasteiger charge is 2.28. The molecule has 1 aliphatic carbocycles. The molecular weight excluding hydrogens is 332 g/mol. The summed E-state index contributed by atoms with van der Waals surface area (Å²) in [6, 6.07) is 2.59. The number of alkyl carbamates (subject to hydrolysis) is 1. The van der Waals surface area contributed by atoms with Gasteiger partial charge in [0, 0.05) is 23.5 Å². The number of fused-ring (bicyclic) bond motifs is 1. The Morgan fingerprint density at radius 2 is 2.17 bits per heavy atom. The lowest BCUT2D eigenvalue weighted by Crippen LogP contribution is -2.46. The average Bonchev–Trinajstić information content (AvgIpc) is 2.91. The van der Waals surface area contributed by atoms with E-state index in [1.54, 1.807) is 11.3 Å². The van der Waals surface area contributed by atoms with E-state index < -0.39 is 5.60 Å². The molecule has 2 unspecified atom stereocenters. The fourth-order valence-electron chi connectivity index (χ4n) is 2.76. The largest absolute Gasteiger partial charge is 0.444 e. The van der Waals surface area contributed by atoms with E-state index in [9.17, 15) is 4.79 Å². The lowest BCUT2D eigenvalue weighted by atomic mass is 10.0.